The summed E-state index contributed by atoms with van der Waals surface area (Å²) >= 11 is 0. The number of anilines is 6. The average Bonchev–Trinajstić information content (AvgIpc) is 4.03. The van der Waals surface area contributed by atoms with Gasteiger partial charge in [0.2, 0.25) is 0 Å². The molecule has 0 spiro atoms. The van der Waals surface area contributed by atoms with Crippen molar-refractivity contribution in [3.8, 4) is 22.3 Å². The molecular weight excluding hydrogens is 857 g/mol. The lowest BCUT2D eigenvalue weighted by molar-refractivity contribution is 0.420. The second kappa shape index (κ2) is 18.5. The maximum atomic E-state index is 2.61. The Morgan fingerprint density at radius 2 is 0.958 bits per heavy atom. The van der Waals surface area contributed by atoms with Crippen LogP contribution in [-0.4, -0.2) is 0 Å². The molecule has 3 unspecified atom stereocenters. The second-order valence-corrected chi connectivity index (χ2v) is 22.6. The molecule has 0 N–H and O–H groups in total. The molecule has 8 aromatic rings. The van der Waals surface area contributed by atoms with E-state index >= 15 is 0 Å². The molecular formula is C69H68N2. The summed E-state index contributed by atoms with van der Waals surface area (Å²) in [6.45, 7) is 4.86. The van der Waals surface area contributed by atoms with Gasteiger partial charge in [0, 0.05) is 39.5 Å². The number of hydrogen-bond acceptors (Lipinski definition) is 2. The van der Waals surface area contributed by atoms with Gasteiger partial charge in [-0.05, 0) is 215 Å². The number of para-hydroxylation sites is 1. The van der Waals surface area contributed by atoms with E-state index in [2.05, 4.69) is 206 Å². The summed E-state index contributed by atoms with van der Waals surface area (Å²) < 4.78 is 0. The van der Waals surface area contributed by atoms with Crippen LogP contribution in [0, 0.1) is 11.8 Å². The highest BCUT2D eigenvalue weighted by Gasteiger charge is 2.40. The topological polar surface area (TPSA) is 6.48 Å². The normalized spacial score (nSPS) is 19.9. The monoisotopic (exact) mass is 925 g/mol. The van der Waals surface area contributed by atoms with Gasteiger partial charge in [0.25, 0.3) is 0 Å². The minimum absolute atomic E-state index is 0.156. The third-order valence-electron chi connectivity index (χ3n) is 18.0. The number of aryl methyl sites for hydroxylation is 4. The predicted octanol–water partition coefficient (Wildman–Crippen LogP) is 18.8. The Hall–Kier alpha value is -6.64. The molecule has 3 atom stereocenters. The van der Waals surface area contributed by atoms with E-state index < -0.39 is 0 Å². The van der Waals surface area contributed by atoms with Crippen LogP contribution in [0.2, 0.25) is 0 Å². The molecule has 0 saturated heterocycles. The van der Waals surface area contributed by atoms with Gasteiger partial charge in [0.05, 0.1) is 0 Å². The molecule has 0 aliphatic heterocycles. The highest BCUT2D eigenvalue weighted by atomic mass is 15.2. The lowest BCUT2D eigenvalue weighted by Gasteiger charge is -2.31. The molecule has 16 rings (SSSR count). The van der Waals surface area contributed by atoms with E-state index in [1.807, 2.05) is 0 Å². The van der Waals surface area contributed by atoms with Crippen LogP contribution in [0.25, 0.3) is 22.3 Å². The molecule has 2 nitrogen and oxygen atoms in total. The van der Waals surface area contributed by atoms with Crippen molar-refractivity contribution in [1.82, 2.24) is 0 Å². The molecule has 0 amide bonds. The van der Waals surface area contributed by atoms with E-state index in [0.717, 1.165) is 43.4 Å². The van der Waals surface area contributed by atoms with Crippen molar-refractivity contribution in [3.05, 3.63) is 226 Å². The highest BCUT2D eigenvalue weighted by Crippen LogP contribution is 2.54. The minimum Gasteiger partial charge on any atom is -0.310 e. The lowest BCUT2D eigenvalue weighted by Crippen LogP contribution is -2.18. The fraction of sp³-hybridized carbons (Fsp3) is 0.304. The standard InChI is InChI=1S/C69H68N2/c1-69(2)65-45-56(51-15-9-5-10-16-51)33-39-62(65)63-40-38-61(46-66(63)69)71(60-34-29-52(30-35-60)50-13-7-3-4-8-14-50)68-44-48-20-25-54-24-19-47(21-26-55(68)27-22-48)43-67(54)70(58-17-11-6-12-18-58)59-36-31-53(32-37-59)64-42-49-23-28-57(64)41-49/h5-6,9-12,15-19,22,24,27,29-40,43-46,49-50,57,64H,3-4,7-8,13-14,20-21,23,25-26,28,41-42H2,1-2H3. The van der Waals surface area contributed by atoms with Gasteiger partial charge in [-0.2, -0.15) is 0 Å². The van der Waals surface area contributed by atoms with Crippen LogP contribution >= 0.6 is 0 Å². The quantitative estimate of drug-likeness (QED) is 0.133. The third kappa shape index (κ3) is 8.32. The molecule has 3 fully saturated rings. The van der Waals surface area contributed by atoms with Gasteiger partial charge >= 0.3 is 0 Å². The van der Waals surface area contributed by atoms with Crippen LogP contribution in [0.3, 0.4) is 0 Å². The first kappa shape index (κ1) is 44.3. The summed E-state index contributed by atoms with van der Waals surface area (Å²) in [5.41, 5.74) is 24.1. The number of rotatable bonds is 9. The van der Waals surface area contributed by atoms with Crippen LogP contribution in [0.15, 0.2) is 182 Å². The van der Waals surface area contributed by atoms with E-state index in [1.165, 1.54) is 160 Å². The van der Waals surface area contributed by atoms with Gasteiger partial charge in [-0.1, -0.05) is 161 Å². The van der Waals surface area contributed by atoms with Gasteiger partial charge in [-0.3, -0.25) is 0 Å². The zero-order chi connectivity index (χ0) is 47.5. The summed E-state index contributed by atoms with van der Waals surface area (Å²) in [5.74, 6) is 3.21. The molecule has 354 valence electrons. The summed E-state index contributed by atoms with van der Waals surface area (Å²) in [4.78, 5) is 5.15. The van der Waals surface area contributed by atoms with Gasteiger partial charge in [0.1, 0.15) is 0 Å². The molecule has 8 aliphatic carbocycles. The largest absolute Gasteiger partial charge is 0.310 e. The van der Waals surface area contributed by atoms with Crippen LogP contribution in [0.5, 0.6) is 0 Å². The van der Waals surface area contributed by atoms with E-state index in [-0.39, 0.29) is 5.41 Å². The molecule has 6 bridgehead atoms. The van der Waals surface area contributed by atoms with Crippen molar-refractivity contribution < 1.29 is 0 Å². The zero-order valence-electron chi connectivity index (χ0n) is 41.9. The first-order valence-corrected chi connectivity index (χ1v) is 27.3. The Kier molecular flexibility index (Phi) is 11.6. The molecule has 0 radical (unpaired) electrons. The van der Waals surface area contributed by atoms with E-state index in [1.54, 1.807) is 5.56 Å². The molecule has 8 aliphatic rings. The van der Waals surface area contributed by atoms with Crippen molar-refractivity contribution in [2.75, 3.05) is 9.80 Å². The van der Waals surface area contributed by atoms with Gasteiger partial charge in [-0.25, -0.2) is 0 Å². The third-order valence-corrected chi connectivity index (χ3v) is 18.0. The molecule has 0 heterocycles. The maximum Gasteiger partial charge on any atom is 0.0496 e. The van der Waals surface area contributed by atoms with Crippen molar-refractivity contribution in [2.45, 2.75) is 121 Å². The number of nitrogens with zero attached hydrogens (tertiary/aromatic N) is 2. The van der Waals surface area contributed by atoms with E-state index in [0.29, 0.717) is 5.92 Å². The van der Waals surface area contributed by atoms with Gasteiger partial charge in [0.15, 0.2) is 0 Å². The Balaban J connectivity index is 0.871. The Morgan fingerprint density at radius 3 is 1.56 bits per heavy atom. The van der Waals surface area contributed by atoms with Gasteiger partial charge in [-0.15, -0.1) is 0 Å². The Bertz CT molecular complexity index is 3190. The van der Waals surface area contributed by atoms with Crippen LogP contribution in [-0.2, 0) is 31.1 Å². The first-order valence-electron chi connectivity index (χ1n) is 27.3. The average molecular weight is 925 g/mol. The zero-order valence-corrected chi connectivity index (χ0v) is 41.9. The highest BCUT2D eigenvalue weighted by molar-refractivity contribution is 5.88. The number of hydrogen-bond donors (Lipinski definition) is 0. The fourth-order valence-corrected chi connectivity index (χ4v) is 14.1. The smallest absolute Gasteiger partial charge is 0.0496 e. The second-order valence-electron chi connectivity index (χ2n) is 22.6. The SMILES string of the molecule is CC1(C)c2cc(-c3ccccc3)ccc2-c2ccc(N(c3ccc(C4CCCCCC4)cc3)c3cc4ccc3CCc3ccc(c(N(c5ccccc5)c5ccc(C6CC7CCC6C7)cc5)c3)CC4)cc21. The van der Waals surface area contributed by atoms with Crippen molar-refractivity contribution in [1.29, 1.82) is 0 Å². The molecule has 71 heavy (non-hydrogen) atoms. The van der Waals surface area contributed by atoms with Crippen molar-refractivity contribution >= 4 is 34.1 Å². The van der Waals surface area contributed by atoms with Gasteiger partial charge < -0.3 is 9.80 Å². The predicted molar refractivity (Wildman–Crippen MR) is 299 cm³/mol. The number of benzene rings is 8. The molecule has 8 aromatic carbocycles. The number of fused-ring (bicyclic) bond motifs is 5. The molecule has 3 saturated carbocycles. The maximum absolute atomic E-state index is 2.61. The molecule has 2 heteroatoms. The summed E-state index contributed by atoms with van der Waals surface area (Å²) in [6.07, 6.45) is 17.5. The minimum atomic E-state index is -0.156. The van der Waals surface area contributed by atoms with Crippen LogP contribution in [0.1, 0.15) is 134 Å². The van der Waals surface area contributed by atoms with Crippen molar-refractivity contribution in [2.24, 2.45) is 11.8 Å². The lowest BCUT2D eigenvalue weighted by atomic mass is 9.81. The summed E-state index contributed by atoms with van der Waals surface area (Å²) in [5, 5.41) is 0. The van der Waals surface area contributed by atoms with Crippen molar-refractivity contribution in [3.63, 3.8) is 0 Å². The fourth-order valence-electron chi connectivity index (χ4n) is 14.1. The Labute approximate surface area is 423 Å². The Morgan fingerprint density at radius 1 is 0.408 bits per heavy atom. The van der Waals surface area contributed by atoms with Crippen LogP contribution in [0.4, 0.5) is 34.1 Å². The first-order chi connectivity index (χ1) is 34.9. The van der Waals surface area contributed by atoms with Crippen LogP contribution < -0.4 is 9.80 Å². The summed E-state index contributed by atoms with van der Waals surface area (Å²) in [6, 6.07) is 70.8. The van der Waals surface area contributed by atoms with E-state index in [4.69, 9.17) is 0 Å². The molecule has 0 aromatic heterocycles. The van der Waals surface area contributed by atoms with E-state index in [9.17, 15) is 0 Å². The summed E-state index contributed by atoms with van der Waals surface area (Å²) in [7, 11) is 0.